The maximum Gasteiger partial charge on any atom is 0.293 e. The molecule has 2 heterocycles. The second-order valence-corrected chi connectivity index (χ2v) is 7.60. The van der Waals surface area contributed by atoms with Crippen LogP contribution in [0, 0.1) is 20.2 Å². The SMILES string of the molecule is CC(=O)Nc1c([N+](=O)[O-])ccc2c1C=CCN2.CC(=O)Nc1c([N+](=O)[O-])ccc2c1CCCN2. The topological polar surface area (TPSA) is 169 Å². The number of benzene rings is 2. The number of carbonyl (C=O) groups is 2. The summed E-state index contributed by atoms with van der Waals surface area (Å²) in [7, 11) is 0. The number of rotatable bonds is 4. The first-order valence-corrected chi connectivity index (χ1v) is 10.5. The minimum atomic E-state index is -0.506. The van der Waals surface area contributed by atoms with Crippen molar-refractivity contribution in [1.82, 2.24) is 0 Å². The second-order valence-electron chi connectivity index (χ2n) is 7.60. The number of amides is 2. The number of nitro groups is 2. The van der Waals surface area contributed by atoms with E-state index in [2.05, 4.69) is 21.3 Å². The summed E-state index contributed by atoms with van der Waals surface area (Å²) in [5, 5.41) is 33.1. The van der Waals surface area contributed by atoms with E-state index in [9.17, 15) is 29.8 Å². The maximum atomic E-state index is 11.1. The van der Waals surface area contributed by atoms with Crippen molar-refractivity contribution in [1.29, 1.82) is 0 Å². The Labute approximate surface area is 194 Å². The monoisotopic (exact) mass is 468 g/mol. The Morgan fingerprint density at radius 2 is 1.47 bits per heavy atom. The van der Waals surface area contributed by atoms with E-state index in [4.69, 9.17) is 0 Å². The third-order valence-corrected chi connectivity index (χ3v) is 5.12. The molecule has 0 saturated heterocycles. The van der Waals surface area contributed by atoms with Crippen molar-refractivity contribution in [2.75, 3.05) is 34.4 Å². The molecule has 2 aromatic carbocycles. The van der Waals surface area contributed by atoms with Crippen LogP contribution in [0.5, 0.6) is 0 Å². The molecule has 0 unspecified atom stereocenters. The molecule has 0 spiro atoms. The molecule has 0 fully saturated rings. The highest BCUT2D eigenvalue weighted by atomic mass is 16.6. The van der Waals surface area contributed by atoms with Crippen molar-refractivity contribution in [2.45, 2.75) is 26.7 Å². The van der Waals surface area contributed by atoms with Crippen molar-refractivity contribution >= 4 is 52.0 Å². The van der Waals surface area contributed by atoms with E-state index >= 15 is 0 Å². The molecule has 2 aromatic rings. The second kappa shape index (κ2) is 10.4. The fraction of sp³-hybridized carbons (Fsp3) is 0.273. The Bertz CT molecular complexity index is 1190. The van der Waals surface area contributed by atoms with E-state index in [-0.39, 0.29) is 28.9 Å². The molecule has 0 atom stereocenters. The van der Waals surface area contributed by atoms with E-state index in [1.807, 2.05) is 6.08 Å². The van der Waals surface area contributed by atoms with Gasteiger partial charge >= 0.3 is 0 Å². The fourth-order valence-corrected chi connectivity index (χ4v) is 3.76. The Hall–Kier alpha value is -4.48. The maximum absolute atomic E-state index is 11.1. The number of carbonyl (C=O) groups excluding carboxylic acids is 2. The first-order chi connectivity index (χ1) is 16.2. The zero-order valence-corrected chi connectivity index (χ0v) is 18.6. The van der Waals surface area contributed by atoms with Crippen LogP contribution >= 0.6 is 0 Å². The van der Waals surface area contributed by atoms with Gasteiger partial charge in [-0.3, -0.25) is 29.8 Å². The van der Waals surface area contributed by atoms with E-state index in [1.54, 1.807) is 18.2 Å². The summed E-state index contributed by atoms with van der Waals surface area (Å²) >= 11 is 0. The lowest BCUT2D eigenvalue weighted by atomic mass is 10.00. The number of anilines is 4. The molecule has 0 aliphatic carbocycles. The summed E-state index contributed by atoms with van der Waals surface area (Å²) in [5.41, 5.74) is 3.51. The third-order valence-electron chi connectivity index (χ3n) is 5.12. The molecule has 178 valence electrons. The highest BCUT2D eigenvalue weighted by molar-refractivity contribution is 5.97. The fourth-order valence-electron chi connectivity index (χ4n) is 3.76. The number of nitrogens with one attached hydrogen (secondary N) is 4. The summed E-state index contributed by atoms with van der Waals surface area (Å²) in [6, 6.07) is 6.14. The minimum Gasteiger partial charge on any atom is -0.385 e. The van der Waals surface area contributed by atoms with Gasteiger partial charge in [-0.05, 0) is 25.0 Å². The van der Waals surface area contributed by atoms with Gasteiger partial charge in [-0.25, -0.2) is 0 Å². The number of fused-ring (bicyclic) bond motifs is 2. The van der Waals surface area contributed by atoms with Crippen molar-refractivity contribution < 1.29 is 19.4 Å². The van der Waals surface area contributed by atoms with Crippen LogP contribution in [-0.4, -0.2) is 34.8 Å². The number of nitrogens with zero attached hydrogens (tertiary/aromatic N) is 2. The van der Waals surface area contributed by atoms with Gasteiger partial charge in [-0.15, -0.1) is 0 Å². The van der Waals surface area contributed by atoms with Gasteiger partial charge in [0.15, 0.2) is 0 Å². The summed E-state index contributed by atoms with van der Waals surface area (Å²) in [6.07, 6.45) is 5.25. The lowest BCUT2D eigenvalue weighted by molar-refractivity contribution is -0.384. The molecule has 12 heteroatoms. The molecule has 0 saturated carbocycles. The quantitative estimate of drug-likeness (QED) is 0.387. The van der Waals surface area contributed by atoms with E-state index in [1.165, 1.54) is 26.0 Å². The van der Waals surface area contributed by atoms with Crippen LogP contribution in [0.3, 0.4) is 0 Å². The van der Waals surface area contributed by atoms with Crippen LogP contribution in [0.4, 0.5) is 34.1 Å². The van der Waals surface area contributed by atoms with Gasteiger partial charge in [0.05, 0.1) is 9.85 Å². The smallest absolute Gasteiger partial charge is 0.293 e. The molecule has 0 aromatic heterocycles. The van der Waals surface area contributed by atoms with Gasteiger partial charge in [-0.1, -0.05) is 12.2 Å². The molecule has 0 bridgehead atoms. The van der Waals surface area contributed by atoms with Gasteiger partial charge in [0.1, 0.15) is 11.4 Å². The molecule has 12 nitrogen and oxygen atoms in total. The molecular formula is C22H24N6O6. The summed E-state index contributed by atoms with van der Waals surface area (Å²) in [5.74, 6) is -0.632. The Balaban J connectivity index is 0.000000191. The average Bonchev–Trinajstić information content (AvgIpc) is 2.79. The Morgan fingerprint density at radius 3 is 2.09 bits per heavy atom. The number of hydrogen-bond acceptors (Lipinski definition) is 8. The lowest BCUT2D eigenvalue weighted by Gasteiger charge is -2.20. The van der Waals surface area contributed by atoms with Gasteiger partial charge in [0.2, 0.25) is 11.8 Å². The van der Waals surface area contributed by atoms with E-state index in [0.717, 1.165) is 36.3 Å². The van der Waals surface area contributed by atoms with Crippen LogP contribution in [0.2, 0.25) is 0 Å². The Morgan fingerprint density at radius 1 is 0.882 bits per heavy atom. The molecule has 2 aliphatic rings. The average molecular weight is 468 g/mol. The molecule has 2 amide bonds. The van der Waals surface area contributed by atoms with Crippen LogP contribution < -0.4 is 21.3 Å². The highest BCUT2D eigenvalue weighted by Gasteiger charge is 2.23. The van der Waals surface area contributed by atoms with Gasteiger partial charge in [0, 0.05) is 61.6 Å². The molecule has 4 N–H and O–H groups in total. The largest absolute Gasteiger partial charge is 0.385 e. The van der Waals surface area contributed by atoms with Crippen molar-refractivity contribution in [3.05, 3.63) is 61.7 Å². The predicted molar refractivity (Wildman–Crippen MR) is 129 cm³/mol. The van der Waals surface area contributed by atoms with E-state index < -0.39 is 9.85 Å². The van der Waals surface area contributed by atoms with Crippen LogP contribution in [0.25, 0.3) is 6.08 Å². The predicted octanol–water partition coefficient (Wildman–Crippen LogP) is 3.90. The van der Waals surface area contributed by atoms with Crippen LogP contribution in [-0.2, 0) is 16.0 Å². The summed E-state index contributed by atoms with van der Waals surface area (Å²) in [6.45, 7) is 4.19. The van der Waals surface area contributed by atoms with Crippen LogP contribution in [0.1, 0.15) is 31.4 Å². The number of nitro benzene ring substituents is 2. The molecule has 4 rings (SSSR count). The highest BCUT2D eigenvalue weighted by Crippen LogP contribution is 2.37. The summed E-state index contributed by atoms with van der Waals surface area (Å²) in [4.78, 5) is 43.1. The van der Waals surface area contributed by atoms with E-state index in [0.29, 0.717) is 17.8 Å². The van der Waals surface area contributed by atoms with Gasteiger partial charge in [0.25, 0.3) is 11.4 Å². The number of hydrogen-bond donors (Lipinski definition) is 4. The first kappa shape index (κ1) is 24.2. The minimum absolute atomic E-state index is 0.0531. The standard InChI is InChI=1S/C11H13N3O3.C11H11N3O3/c2*1-7(15)13-11-8-3-2-6-12-9(8)4-5-10(11)14(16)17/h4-5,12H,2-3,6H2,1H3,(H,13,15);2-5,12H,6H2,1H3,(H,13,15). The first-order valence-electron chi connectivity index (χ1n) is 10.5. The summed E-state index contributed by atoms with van der Waals surface area (Å²) < 4.78 is 0. The van der Waals surface area contributed by atoms with Crippen molar-refractivity contribution in [2.24, 2.45) is 0 Å². The lowest BCUT2D eigenvalue weighted by Crippen LogP contribution is -2.17. The zero-order chi connectivity index (χ0) is 24.8. The van der Waals surface area contributed by atoms with Crippen molar-refractivity contribution in [3.8, 4) is 0 Å². The van der Waals surface area contributed by atoms with Gasteiger partial charge < -0.3 is 21.3 Å². The van der Waals surface area contributed by atoms with Crippen LogP contribution in [0.15, 0.2) is 30.3 Å². The zero-order valence-electron chi connectivity index (χ0n) is 18.6. The third kappa shape index (κ3) is 5.46. The normalized spacial score (nSPS) is 13.0. The Kier molecular flexibility index (Phi) is 7.41. The molecule has 2 aliphatic heterocycles. The van der Waals surface area contributed by atoms with Crippen molar-refractivity contribution in [3.63, 3.8) is 0 Å². The van der Waals surface area contributed by atoms with Gasteiger partial charge in [-0.2, -0.15) is 0 Å². The molecular weight excluding hydrogens is 444 g/mol. The molecule has 34 heavy (non-hydrogen) atoms. The molecule has 0 radical (unpaired) electrons.